The van der Waals surface area contributed by atoms with E-state index in [1.165, 1.54) is 18.2 Å². The van der Waals surface area contributed by atoms with Crippen LogP contribution in [0.15, 0.2) is 48.7 Å². The smallest absolute Gasteiger partial charge is 0.407 e. The number of carbonyl (C=O) groups is 4. The number of benzene rings is 2. The summed E-state index contributed by atoms with van der Waals surface area (Å²) < 4.78 is 4.73. The lowest BCUT2D eigenvalue weighted by atomic mass is 9.91. The predicted molar refractivity (Wildman–Crippen MR) is 188 cm³/mol. The van der Waals surface area contributed by atoms with Crippen LogP contribution in [-0.2, 0) is 25.5 Å². The Bertz CT molecular complexity index is 1700. The number of ether oxygens (including phenoxy) is 1. The first-order valence-electron chi connectivity index (χ1n) is 17.8. The van der Waals surface area contributed by atoms with Gasteiger partial charge in [-0.1, -0.05) is 70.2 Å². The maximum Gasteiger partial charge on any atom is 0.407 e. The lowest BCUT2D eigenvalue weighted by Gasteiger charge is -2.30. The number of ketones is 1. The van der Waals surface area contributed by atoms with Crippen LogP contribution in [-0.4, -0.2) is 75.7 Å². The van der Waals surface area contributed by atoms with Crippen LogP contribution in [0.25, 0.3) is 22.4 Å². The number of imidazole rings is 1. The fraction of sp³-hybridized carbons (Fsp3) is 0.513. The van der Waals surface area contributed by atoms with Crippen LogP contribution in [0, 0.1) is 11.8 Å². The Labute approximate surface area is 289 Å². The SMILES string of the molecule is COC(=O)N[C@H](C(=O)N1CCC[C@H]1C(=O)CC1CCc2cc(-c3ccc(-c4cnc(C5CCCN5C(=O)C(C)C)[nH]4)cc3)ccc21)C(C)C. The summed E-state index contributed by atoms with van der Waals surface area (Å²) in [6, 6.07) is 13.8. The standard InChI is InChI=1S/C39H49N5O5/c1-23(2)35(42-39(48)49-5)38(47)43-18-6-8-32(43)34(45)21-29-15-14-28-20-27(16-17-30(28)29)25-10-12-26(13-11-25)31-22-40-36(41-31)33-9-7-19-44(33)37(46)24(3)4/h10-13,16-17,20,22-24,29,32-33,35H,6-9,14-15,18-19,21H2,1-5H3,(H,40,41)(H,42,48)/t29?,32-,33?,35-/m0/s1. The van der Waals surface area contributed by atoms with Crippen LogP contribution >= 0.6 is 0 Å². The molecule has 3 heterocycles. The Kier molecular flexibility index (Phi) is 10.2. The monoisotopic (exact) mass is 667 g/mol. The highest BCUT2D eigenvalue weighted by molar-refractivity contribution is 5.93. The molecule has 1 aromatic heterocycles. The number of rotatable bonds is 10. The summed E-state index contributed by atoms with van der Waals surface area (Å²) in [4.78, 5) is 63.5. The Hall–Kier alpha value is -4.47. The second kappa shape index (κ2) is 14.6. The molecule has 49 heavy (non-hydrogen) atoms. The fourth-order valence-electron chi connectivity index (χ4n) is 7.86. The Morgan fingerprint density at radius 1 is 0.898 bits per heavy atom. The van der Waals surface area contributed by atoms with Crippen LogP contribution in [0.2, 0.25) is 0 Å². The second-order valence-electron chi connectivity index (χ2n) is 14.5. The molecule has 1 aliphatic carbocycles. The van der Waals surface area contributed by atoms with E-state index in [1.54, 1.807) is 4.90 Å². The third-order valence-electron chi connectivity index (χ3n) is 10.6. The minimum atomic E-state index is -0.734. The number of aromatic nitrogens is 2. The number of nitrogens with one attached hydrogen (secondary N) is 2. The van der Waals surface area contributed by atoms with Gasteiger partial charge >= 0.3 is 6.09 Å². The van der Waals surface area contributed by atoms with E-state index in [0.717, 1.165) is 66.9 Å². The van der Waals surface area contributed by atoms with Gasteiger partial charge in [0.2, 0.25) is 11.8 Å². The number of carbonyl (C=O) groups excluding carboxylic acids is 4. The van der Waals surface area contributed by atoms with E-state index in [2.05, 4.69) is 57.7 Å². The number of methoxy groups -OCH3 is 1. The molecule has 10 heteroatoms. The van der Waals surface area contributed by atoms with Gasteiger partial charge in [0.15, 0.2) is 5.78 Å². The van der Waals surface area contributed by atoms with E-state index in [1.807, 2.05) is 38.8 Å². The molecule has 2 unspecified atom stereocenters. The zero-order chi connectivity index (χ0) is 34.8. The topological polar surface area (TPSA) is 125 Å². The Morgan fingerprint density at radius 2 is 1.59 bits per heavy atom. The number of Topliss-reactive ketones (excluding diaryl/α,β-unsaturated/α-hetero) is 1. The van der Waals surface area contributed by atoms with Gasteiger partial charge in [-0.15, -0.1) is 0 Å². The molecule has 2 fully saturated rings. The largest absolute Gasteiger partial charge is 0.453 e. The quantitative estimate of drug-likeness (QED) is 0.257. The van der Waals surface area contributed by atoms with Gasteiger partial charge in [-0.3, -0.25) is 14.4 Å². The zero-order valence-electron chi connectivity index (χ0n) is 29.3. The first kappa shape index (κ1) is 34.4. The number of alkyl carbamates (subject to hydrolysis) is 1. The molecule has 260 valence electrons. The number of nitrogens with zero attached hydrogens (tertiary/aromatic N) is 3. The highest BCUT2D eigenvalue weighted by Crippen LogP contribution is 2.39. The first-order valence-corrected chi connectivity index (χ1v) is 17.8. The molecule has 2 aromatic carbocycles. The van der Waals surface area contributed by atoms with Crippen molar-refractivity contribution in [2.24, 2.45) is 11.8 Å². The van der Waals surface area contributed by atoms with Gasteiger partial charge in [0.25, 0.3) is 0 Å². The molecule has 0 bridgehead atoms. The van der Waals surface area contributed by atoms with Gasteiger partial charge in [-0.05, 0) is 78.2 Å². The molecule has 10 nitrogen and oxygen atoms in total. The summed E-state index contributed by atoms with van der Waals surface area (Å²) in [7, 11) is 1.28. The molecule has 6 rings (SSSR count). The number of hydrogen-bond donors (Lipinski definition) is 2. The fourth-order valence-corrected chi connectivity index (χ4v) is 7.86. The van der Waals surface area contributed by atoms with Crippen molar-refractivity contribution in [1.82, 2.24) is 25.1 Å². The summed E-state index contributed by atoms with van der Waals surface area (Å²) in [6.45, 7) is 8.94. The summed E-state index contributed by atoms with van der Waals surface area (Å²) in [5, 5.41) is 2.66. The van der Waals surface area contributed by atoms with Gasteiger partial charge in [0, 0.05) is 25.4 Å². The van der Waals surface area contributed by atoms with E-state index in [0.29, 0.717) is 19.4 Å². The van der Waals surface area contributed by atoms with E-state index >= 15 is 0 Å². The number of aryl methyl sites for hydroxylation is 1. The molecular formula is C39H49N5O5. The van der Waals surface area contributed by atoms with Crippen molar-refractivity contribution in [2.45, 2.75) is 96.7 Å². The number of likely N-dealkylation sites (tertiary alicyclic amines) is 2. The van der Waals surface area contributed by atoms with Crippen molar-refractivity contribution < 1.29 is 23.9 Å². The third kappa shape index (κ3) is 7.14. The first-order chi connectivity index (χ1) is 23.5. The van der Waals surface area contributed by atoms with Crippen LogP contribution in [0.5, 0.6) is 0 Å². The van der Waals surface area contributed by atoms with E-state index in [4.69, 9.17) is 4.74 Å². The van der Waals surface area contributed by atoms with Gasteiger partial charge in [-0.25, -0.2) is 9.78 Å². The lowest BCUT2D eigenvalue weighted by molar-refractivity contribution is -0.140. The van der Waals surface area contributed by atoms with E-state index in [-0.39, 0.29) is 41.4 Å². The molecule has 2 aliphatic heterocycles. The summed E-state index contributed by atoms with van der Waals surface area (Å²) in [5.41, 5.74) is 6.74. The number of aromatic amines is 1. The molecule has 3 aromatic rings. The van der Waals surface area contributed by atoms with Gasteiger partial charge in [-0.2, -0.15) is 0 Å². The second-order valence-corrected chi connectivity index (χ2v) is 14.5. The Morgan fingerprint density at radius 3 is 2.31 bits per heavy atom. The minimum Gasteiger partial charge on any atom is -0.453 e. The number of amides is 3. The molecule has 0 saturated carbocycles. The highest BCUT2D eigenvalue weighted by atomic mass is 16.5. The van der Waals surface area contributed by atoms with Crippen molar-refractivity contribution in [2.75, 3.05) is 20.2 Å². The van der Waals surface area contributed by atoms with Gasteiger partial charge in [0.1, 0.15) is 11.9 Å². The molecule has 0 spiro atoms. The van der Waals surface area contributed by atoms with Crippen molar-refractivity contribution >= 4 is 23.7 Å². The lowest BCUT2D eigenvalue weighted by Crippen LogP contribution is -2.53. The highest BCUT2D eigenvalue weighted by Gasteiger charge is 2.40. The predicted octanol–water partition coefficient (Wildman–Crippen LogP) is 6.42. The summed E-state index contributed by atoms with van der Waals surface area (Å²) in [6.07, 6.45) is 6.78. The Balaban J connectivity index is 1.10. The summed E-state index contributed by atoms with van der Waals surface area (Å²) >= 11 is 0. The molecule has 3 amide bonds. The van der Waals surface area contributed by atoms with Crippen LogP contribution < -0.4 is 5.32 Å². The number of H-pyrrole nitrogens is 1. The maximum absolute atomic E-state index is 13.7. The number of fused-ring (bicyclic) bond motifs is 1. The van der Waals surface area contributed by atoms with Gasteiger partial charge < -0.3 is 24.8 Å². The molecule has 2 saturated heterocycles. The van der Waals surface area contributed by atoms with Crippen LogP contribution in [0.3, 0.4) is 0 Å². The third-order valence-corrected chi connectivity index (χ3v) is 10.6. The maximum atomic E-state index is 13.7. The average Bonchev–Trinajstić information content (AvgIpc) is 3.92. The minimum absolute atomic E-state index is 0.000570. The zero-order valence-corrected chi connectivity index (χ0v) is 29.3. The van der Waals surface area contributed by atoms with Crippen molar-refractivity contribution in [3.63, 3.8) is 0 Å². The van der Waals surface area contributed by atoms with E-state index in [9.17, 15) is 19.2 Å². The molecule has 2 N–H and O–H groups in total. The summed E-state index contributed by atoms with van der Waals surface area (Å²) in [5.74, 6) is 0.867. The normalized spacial score (nSPS) is 20.9. The van der Waals surface area contributed by atoms with Crippen molar-refractivity contribution in [3.8, 4) is 22.4 Å². The molecule has 0 radical (unpaired) electrons. The van der Waals surface area contributed by atoms with Crippen molar-refractivity contribution in [1.29, 1.82) is 0 Å². The molecule has 3 aliphatic rings. The van der Waals surface area contributed by atoms with E-state index < -0.39 is 18.2 Å². The van der Waals surface area contributed by atoms with Crippen LogP contribution in [0.1, 0.15) is 95.1 Å². The van der Waals surface area contributed by atoms with Gasteiger partial charge in [0.05, 0.1) is 31.1 Å². The van der Waals surface area contributed by atoms with Crippen molar-refractivity contribution in [3.05, 3.63) is 65.6 Å². The molecular weight excluding hydrogens is 618 g/mol. The average molecular weight is 668 g/mol. The van der Waals surface area contributed by atoms with Crippen LogP contribution in [0.4, 0.5) is 4.79 Å². The molecule has 4 atom stereocenters. The number of hydrogen-bond acceptors (Lipinski definition) is 6.